The van der Waals surface area contributed by atoms with Crippen molar-refractivity contribution in [3.05, 3.63) is 0 Å². The van der Waals surface area contributed by atoms with Crippen molar-refractivity contribution in [1.82, 2.24) is 20.4 Å². The highest BCUT2D eigenvalue weighted by atomic mass is 16.4. The molecule has 1 aliphatic rings. The van der Waals surface area contributed by atoms with Crippen molar-refractivity contribution in [2.45, 2.75) is 70.8 Å². The molecule has 218 valence electrons. The van der Waals surface area contributed by atoms with Gasteiger partial charge in [-0.1, -0.05) is 45.4 Å². The Balaban J connectivity index is 0.000000721. The van der Waals surface area contributed by atoms with E-state index in [1.807, 2.05) is 0 Å². The van der Waals surface area contributed by atoms with Crippen LogP contribution in [0.2, 0.25) is 0 Å². The zero-order chi connectivity index (χ0) is 28.9. The summed E-state index contributed by atoms with van der Waals surface area (Å²) in [5.74, 6) is -5.26. The predicted molar refractivity (Wildman–Crippen MR) is 136 cm³/mol. The van der Waals surface area contributed by atoms with Gasteiger partial charge in [0.2, 0.25) is 11.8 Å². The first-order valence-corrected chi connectivity index (χ1v) is 12.8. The third kappa shape index (κ3) is 20.9. The van der Waals surface area contributed by atoms with E-state index in [1.165, 1.54) is 6.42 Å². The minimum atomic E-state index is -1.16. The average molecular weight is 547 g/mol. The summed E-state index contributed by atoms with van der Waals surface area (Å²) in [4.78, 5) is 67.7. The first-order chi connectivity index (χ1) is 17.9. The fraction of sp³-hybridized carbons (Fsp3) is 0.750. The van der Waals surface area contributed by atoms with E-state index in [0.29, 0.717) is 6.54 Å². The Kier molecular flexibility index (Phi) is 19.0. The van der Waals surface area contributed by atoms with Gasteiger partial charge in [-0.3, -0.25) is 38.6 Å². The van der Waals surface area contributed by atoms with Crippen LogP contribution in [-0.2, 0) is 28.8 Å². The Morgan fingerprint density at radius 1 is 0.632 bits per heavy atom. The molecule has 14 heteroatoms. The standard InChI is InChI=1S/C12H20N2O5.C12H22N2O5/c15-10(13-9-4-2-1-3-5-9)6-14(7-11(16)17)8-12(18)19;1-2-3-4-5-6-13-10(15)7-14(8-11(16)17)9-12(18)19/h9H,1-8H2,(H,13,15)(H,16,17)(H,18,19);2-9H2,1H3,(H,13,15)(H,16,17)(H,18,19). The number of aliphatic carboxylic acids is 4. The number of amides is 2. The van der Waals surface area contributed by atoms with Crippen LogP contribution in [0.3, 0.4) is 0 Å². The van der Waals surface area contributed by atoms with Crippen LogP contribution in [0.15, 0.2) is 0 Å². The number of unbranched alkanes of at least 4 members (excludes halogenated alkanes) is 3. The first-order valence-electron chi connectivity index (χ1n) is 12.8. The maximum Gasteiger partial charge on any atom is 0.317 e. The van der Waals surface area contributed by atoms with Crippen LogP contribution < -0.4 is 10.6 Å². The normalized spacial score (nSPS) is 13.3. The Morgan fingerprint density at radius 2 is 1.08 bits per heavy atom. The molecule has 2 amide bonds. The Labute approximate surface area is 222 Å². The van der Waals surface area contributed by atoms with Crippen molar-refractivity contribution >= 4 is 35.7 Å². The maximum absolute atomic E-state index is 11.7. The molecule has 6 N–H and O–H groups in total. The molecule has 0 aliphatic heterocycles. The second-order valence-electron chi connectivity index (χ2n) is 9.18. The van der Waals surface area contributed by atoms with Gasteiger partial charge in [-0.25, -0.2) is 0 Å². The van der Waals surface area contributed by atoms with Crippen LogP contribution in [0, 0.1) is 0 Å². The lowest BCUT2D eigenvalue weighted by atomic mass is 9.95. The summed E-state index contributed by atoms with van der Waals surface area (Å²) in [6.07, 6.45) is 9.34. The molecule has 0 radical (unpaired) electrons. The fourth-order valence-electron chi connectivity index (χ4n) is 3.86. The lowest BCUT2D eigenvalue weighted by Gasteiger charge is -2.24. The largest absolute Gasteiger partial charge is 0.480 e. The Hall–Kier alpha value is -3.26. The van der Waals surface area contributed by atoms with Crippen LogP contribution >= 0.6 is 0 Å². The minimum Gasteiger partial charge on any atom is -0.480 e. The molecule has 0 spiro atoms. The van der Waals surface area contributed by atoms with Crippen LogP contribution in [-0.4, -0.2) is 118 Å². The molecule has 0 unspecified atom stereocenters. The van der Waals surface area contributed by atoms with Gasteiger partial charge in [-0.2, -0.15) is 0 Å². The second kappa shape index (κ2) is 20.8. The van der Waals surface area contributed by atoms with E-state index in [1.54, 1.807) is 0 Å². The quantitative estimate of drug-likeness (QED) is 0.126. The molecule has 1 fully saturated rings. The Bertz CT molecular complexity index is 739. The Morgan fingerprint density at radius 3 is 1.50 bits per heavy atom. The van der Waals surface area contributed by atoms with Crippen molar-refractivity contribution in [3.8, 4) is 0 Å². The first kappa shape index (κ1) is 34.7. The molecule has 1 saturated carbocycles. The number of carboxylic acids is 4. The minimum absolute atomic E-state index is 0.137. The van der Waals surface area contributed by atoms with Gasteiger partial charge in [0.15, 0.2) is 0 Å². The molecule has 14 nitrogen and oxygen atoms in total. The lowest BCUT2D eigenvalue weighted by Crippen LogP contribution is -2.45. The fourth-order valence-corrected chi connectivity index (χ4v) is 3.86. The summed E-state index contributed by atoms with van der Waals surface area (Å²) >= 11 is 0. The van der Waals surface area contributed by atoms with Crippen molar-refractivity contribution in [2.75, 3.05) is 45.8 Å². The molecule has 0 atom stereocenters. The second-order valence-corrected chi connectivity index (χ2v) is 9.18. The third-order valence-corrected chi connectivity index (χ3v) is 5.49. The van der Waals surface area contributed by atoms with Gasteiger partial charge >= 0.3 is 23.9 Å². The number of carboxylic acid groups (broad SMARTS) is 4. The number of hydrogen-bond donors (Lipinski definition) is 6. The lowest BCUT2D eigenvalue weighted by molar-refractivity contribution is -0.144. The molecule has 0 aromatic carbocycles. The molecule has 0 saturated heterocycles. The number of carbonyl (C=O) groups is 6. The van der Waals surface area contributed by atoms with E-state index in [9.17, 15) is 28.8 Å². The number of hydrogen-bond acceptors (Lipinski definition) is 8. The smallest absolute Gasteiger partial charge is 0.317 e. The topological polar surface area (TPSA) is 214 Å². The molecule has 0 aromatic rings. The van der Waals surface area contributed by atoms with Gasteiger partial charge in [0.05, 0.1) is 39.3 Å². The molecular weight excluding hydrogens is 504 g/mol. The summed E-state index contributed by atoms with van der Waals surface area (Å²) in [5.41, 5.74) is 0. The summed E-state index contributed by atoms with van der Waals surface area (Å²) in [7, 11) is 0. The van der Waals surface area contributed by atoms with Crippen molar-refractivity contribution in [1.29, 1.82) is 0 Å². The predicted octanol–water partition coefficient (Wildman–Crippen LogP) is 0.0606. The zero-order valence-electron chi connectivity index (χ0n) is 22.0. The molecule has 1 aliphatic carbocycles. The van der Waals surface area contributed by atoms with E-state index in [2.05, 4.69) is 17.6 Å². The highest BCUT2D eigenvalue weighted by Crippen LogP contribution is 2.17. The van der Waals surface area contributed by atoms with Crippen molar-refractivity contribution < 1.29 is 49.2 Å². The number of nitrogens with one attached hydrogen (secondary N) is 2. The number of carbonyl (C=O) groups excluding carboxylic acids is 2. The van der Waals surface area contributed by atoms with Gasteiger partial charge in [0.25, 0.3) is 0 Å². The van der Waals surface area contributed by atoms with Crippen LogP contribution in [0.25, 0.3) is 0 Å². The molecule has 0 bridgehead atoms. The summed E-state index contributed by atoms with van der Waals surface area (Å²) < 4.78 is 0. The molecule has 0 heterocycles. The van der Waals surface area contributed by atoms with Gasteiger partial charge in [0, 0.05) is 12.6 Å². The van der Waals surface area contributed by atoms with E-state index in [-0.39, 0.29) is 30.9 Å². The van der Waals surface area contributed by atoms with Crippen molar-refractivity contribution in [3.63, 3.8) is 0 Å². The van der Waals surface area contributed by atoms with E-state index in [4.69, 9.17) is 20.4 Å². The van der Waals surface area contributed by atoms with Crippen LogP contribution in [0.1, 0.15) is 64.7 Å². The monoisotopic (exact) mass is 546 g/mol. The maximum atomic E-state index is 11.7. The van der Waals surface area contributed by atoms with Gasteiger partial charge in [0.1, 0.15) is 0 Å². The number of rotatable bonds is 18. The molecule has 1 rings (SSSR count). The highest BCUT2D eigenvalue weighted by Gasteiger charge is 2.20. The molecule has 38 heavy (non-hydrogen) atoms. The SMILES string of the molecule is CCCCCCNC(=O)CN(CC(=O)O)CC(=O)O.O=C(O)CN(CC(=O)O)CC(=O)NC1CCCCC1. The summed E-state index contributed by atoms with van der Waals surface area (Å²) in [6, 6.07) is 0.137. The highest BCUT2D eigenvalue weighted by molar-refractivity contribution is 5.81. The van der Waals surface area contributed by atoms with Crippen LogP contribution in [0.4, 0.5) is 0 Å². The third-order valence-electron chi connectivity index (χ3n) is 5.49. The average Bonchev–Trinajstić information content (AvgIpc) is 2.78. The van der Waals surface area contributed by atoms with E-state index >= 15 is 0 Å². The van der Waals surface area contributed by atoms with E-state index in [0.717, 1.165) is 61.2 Å². The van der Waals surface area contributed by atoms with Gasteiger partial charge in [-0.05, 0) is 19.3 Å². The van der Waals surface area contributed by atoms with Crippen LogP contribution in [0.5, 0.6) is 0 Å². The summed E-state index contributed by atoms with van der Waals surface area (Å²) in [5, 5.41) is 40.0. The zero-order valence-corrected chi connectivity index (χ0v) is 22.0. The summed E-state index contributed by atoms with van der Waals surface area (Å²) in [6.45, 7) is 0.377. The molecule has 0 aromatic heterocycles. The molecular formula is C24H42N4O10. The van der Waals surface area contributed by atoms with Gasteiger partial charge in [-0.15, -0.1) is 0 Å². The van der Waals surface area contributed by atoms with Gasteiger partial charge < -0.3 is 31.1 Å². The van der Waals surface area contributed by atoms with E-state index < -0.39 is 50.1 Å². The number of nitrogens with zero attached hydrogens (tertiary/aromatic N) is 2. The van der Waals surface area contributed by atoms with Crippen molar-refractivity contribution in [2.24, 2.45) is 0 Å².